The van der Waals surface area contributed by atoms with Crippen LogP contribution in [0.4, 0.5) is 0 Å². The number of carbonyl (C=O) groups excluding carboxylic acids is 1. The van der Waals surface area contributed by atoms with Gasteiger partial charge in [-0.25, -0.2) is 4.79 Å². The second kappa shape index (κ2) is 4.06. The molecule has 0 bridgehead atoms. The van der Waals surface area contributed by atoms with Crippen LogP contribution in [0.15, 0.2) is 54.6 Å². The highest BCUT2D eigenvalue weighted by molar-refractivity contribution is 5.92. The van der Waals surface area contributed by atoms with Gasteiger partial charge < -0.3 is 4.74 Å². The summed E-state index contributed by atoms with van der Waals surface area (Å²) in [5.41, 5.74) is 2.94. The molecule has 2 heteroatoms. The van der Waals surface area contributed by atoms with Gasteiger partial charge in [-0.15, -0.1) is 0 Å². The molecule has 2 aromatic carbocycles. The van der Waals surface area contributed by atoms with Crippen LogP contribution >= 0.6 is 0 Å². The molecule has 1 heterocycles. The van der Waals surface area contributed by atoms with Gasteiger partial charge in [0.2, 0.25) is 0 Å². The fourth-order valence-corrected chi connectivity index (χ4v) is 2.27. The fraction of sp³-hybridized carbons (Fsp3) is 0.133. The average molecular weight is 224 g/mol. The third kappa shape index (κ3) is 1.72. The first kappa shape index (κ1) is 10.1. The molecule has 0 aromatic heterocycles. The van der Waals surface area contributed by atoms with Crippen LogP contribution in [-0.2, 0) is 4.74 Å². The first-order chi connectivity index (χ1) is 8.36. The number of cyclic esters (lactones) is 1. The maximum Gasteiger partial charge on any atom is 0.338 e. The van der Waals surface area contributed by atoms with Crippen LogP contribution in [0.25, 0.3) is 0 Å². The molecule has 1 aliphatic rings. The molecule has 0 radical (unpaired) electrons. The Morgan fingerprint density at radius 1 is 0.941 bits per heavy atom. The summed E-state index contributed by atoms with van der Waals surface area (Å²) >= 11 is 0. The standard InChI is InChI=1S/C15H12O2/c16-15-13-9-5-4-8-12(13)14(10-17-15)11-6-2-1-3-7-11/h1-9,14H,10H2. The lowest BCUT2D eigenvalue weighted by Gasteiger charge is -2.25. The Hall–Kier alpha value is -2.09. The lowest BCUT2D eigenvalue weighted by atomic mass is 9.87. The van der Waals surface area contributed by atoms with Crippen LogP contribution < -0.4 is 0 Å². The Bertz CT molecular complexity index is 546. The number of ether oxygens (including phenoxy) is 1. The molecule has 0 spiro atoms. The van der Waals surface area contributed by atoms with Crippen LogP contribution in [0.3, 0.4) is 0 Å². The van der Waals surface area contributed by atoms with Gasteiger partial charge in [-0.2, -0.15) is 0 Å². The molecular formula is C15H12O2. The molecule has 0 N–H and O–H groups in total. The van der Waals surface area contributed by atoms with Gasteiger partial charge in [0.1, 0.15) is 6.61 Å². The van der Waals surface area contributed by atoms with Crippen LogP contribution in [0, 0.1) is 0 Å². The predicted octanol–water partition coefficient (Wildman–Crippen LogP) is 2.99. The summed E-state index contributed by atoms with van der Waals surface area (Å²) < 4.78 is 5.23. The first-order valence-corrected chi connectivity index (χ1v) is 5.67. The van der Waals surface area contributed by atoms with Crippen molar-refractivity contribution in [2.45, 2.75) is 5.92 Å². The molecule has 17 heavy (non-hydrogen) atoms. The van der Waals surface area contributed by atoms with Gasteiger partial charge in [0.25, 0.3) is 0 Å². The van der Waals surface area contributed by atoms with E-state index in [9.17, 15) is 4.79 Å². The number of benzene rings is 2. The third-order valence-electron chi connectivity index (χ3n) is 3.14. The number of rotatable bonds is 1. The summed E-state index contributed by atoms with van der Waals surface area (Å²) in [6, 6.07) is 17.8. The van der Waals surface area contributed by atoms with E-state index < -0.39 is 0 Å². The van der Waals surface area contributed by atoms with Gasteiger partial charge in [-0.1, -0.05) is 48.5 Å². The molecule has 3 rings (SSSR count). The summed E-state index contributed by atoms with van der Waals surface area (Å²) in [5.74, 6) is -0.0575. The van der Waals surface area contributed by atoms with Gasteiger partial charge in [0.05, 0.1) is 5.56 Å². The summed E-state index contributed by atoms with van der Waals surface area (Å²) in [6.07, 6.45) is 0. The van der Waals surface area contributed by atoms with Crippen molar-refractivity contribution in [3.8, 4) is 0 Å². The number of hydrogen-bond donors (Lipinski definition) is 0. The van der Waals surface area contributed by atoms with Gasteiger partial charge in [-0.05, 0) is 17.2 Å². The lowest BCUT2D eigenvalue weighted by Crippen LogP contribution is -2.23. The molecule has 0 fully saturated rings. The zero-order valence-corrected chi connectivity index (χ0v) is 9.30. The molecular weight excluding hydrogens is 212 g/mol. The highest BCUT2D eigenvalue weighted by Gasteiger charge is 2.27. The molecule has 1 atom stereocenters. The van der Waals surface area contributed by atoms with Gasteiger partial charge >= 0.3 is 5.97 Å². The molecule has 1 aliphatic heterocycles. The minimum absolute atomic E-state index is 0.157. The van der Waals surface area contributed by atoms with E-state index in [1.807, 2.05) is 42.5 Å². The average Bonchev–Trinajstić information content (AvgIpc) is 2.41. The normalized spacial score (nSPS) is 18.4. The van der Waals surface area contributed by atoms with Crippen LogP contribution in [-0.4, -0.2) is 12.6 Å². The molecule has 2 aromatic rings. The Kier molecular flexibility index (Phi) is 2.41. The van der Waals surface area contributed by atoms with Crippen LogP contribution in [0.1, 0.15) is 27.4 Å². The van der Waals surface area contributed by atoms with Gasteiger partial charge in [-0.3, -0.25) is 0 Å². The van der Waals surface area contributed by atoms with Crippen LogP contribution in [0.5, 0.6) is 0 Å². The maximum absolute atomic E-state index is 11.6. The molecule has 0 amide bonds. The van der Waals surface area contributed by atoms with Crippen molar-refractivity contribution in [3.05, 3.63) is 71.3 Å². The van der Waals surface area contributed by atoms with E-state index in [4.69, 9.17) is 4.74 Å². The first-order valence-electron chi connectivity index (χ1n) is 5.67. The number of hydrogen-bond acceptors (Lipinski definition) is 2. The topological polar surface area (TPSA) is 26.3 Å². The molecule has 2 nitrogen and oxygen atoms in total. The van der Waals surface area contributed by atoms with E-state index in [0.29, 0.717) is 12.2 Å². The Labute approximate surface area is 99.9 Å². The van der Waals surface area contributed by atoms with E-state index in [0.717, 1.165) is 5.56 Å². The van der Waals surface area contributed by atoms with E-state index in [-0.39, 0.29) is 11.9 Å². The summed E-state index contributed by atoms with van der Waals surface area (Å²) in [4.78, 5) is 11.6. The third-order valence-corrected chi connectivity index (χ3v) is 3.14. The zero-order chi connectivity index (χ0) is 11.7. The second-order valence-corrected chi connectivity index (χ2v) is 4.15. The predicted molar refractivity (Wildman–Crippen MR) is 65.0 cm³/mol. The maximum atomic E-state index is 11.6. The van der Waals surface area contributed by atoms with E-state index in [1.165, 1.54) is 5.56 Å². The van der Waals surface area contributed by atoms with Gasteiger partial charge in [0.15, 0.2) is 0 Å². The SMILES string of the molecule is O=C1OCC(c2ccccc2)c2ccccc21. The monoisotopic (exact) mass is 224 g/mol. The minimum atomic E-state index is -0.215. The molecule has 0 saturated carbocycles. The largest absolute Gasteiger partial charge is 0.461 e. The highest BCUT2D eigenvalue weighted by atomic mass is 16.5. The van der Waals surface area contributed by atoms with Gasteiger partial charge in [0, 0.05) is 5.92 Å². The number of fused-ring (bicyclic) bond motifs is 1. The fourth-order valence-electron chi connectivity index (χ4n) is 2.27. The van der Waals surface area contributed by atoms with E-state index in [2.05, 4.69) is 12.1 Å². The summed E-state index contributed by atoms with van der Waals surface area (Å²) in [6.45, 7) is 0.430. The van der Waals surface area contributed by atoms with Crippen molar-refractivity contribution in [2.24, 2.45) is 0 Å². The summed E-state index contributed by atoms with van der Waals surface area (Å²) in [7, 11) is 0. The Balaban J connectivity index is 2.10. The van der Waals surface area contributed by atoms with Crippen molar-refractivity contribution in [1.29, 1.82) is 0 Å². The Morgan fingerprint density at radius 3 is 2.47 bits per heavy atom. The van der Waals surface area contributed by atoms with Crippen molar-refractivity contribution >= 4 is 5.97 Å². The lowest BCUT2D eigenvalue weighted by molar-refractivity contribution is 0.0458. The summed E-state index contributed by atoms with van der Waals surface area (Å²) in [5, 5.41) is 0. The molecule has 0 saturated heterocycles. The van der Waals surface area contributed by atoms with Crippen LogP contribution in [0.2, 0.25) is 0 Å². The zero-order valence-electron chi connectivity index (χ0n) is 9.30. The Morgan fingerprint density at radius 2 is 1.65 bits per heavy atom. The van der Waals surface area contributed by atoms with Crippen molar-refractivity contribution in [3.63, 3.8) is 0 Å². The minimum Gasteiger partial charge on any atom is -0.461 e. The second-order valence-electron chi connectivity index (χ2n) is 4.15. The molecule has 0 aliphatic carbocycles. The highest BCUT2D eigenvalue weighted by Crippen LogP contribution is 2.31. The quantitative estimate of drug-likeness (QED) is 0.696. The molecule has 1 unspecified atom stereocenters. The smallest absolute Gasteiger partial charge is 0.338 e. The molecule has 84 valence electrons. The van der Waals surface area contributed by atoms with Crippen molar-refractivity contribution < 1.29 is 9.53 Å². The van der Waals surface area contributed by atoms with Crippen molar-refractivity contribution in [2.75, 3.05) is 6.61 Å². The van der Waals surface area contributed by atoms with Crippen molar-refractivity contribution in [1.82, 2.24) is 0 Å². The number of esters is 1. The van der Waals surface area contributed by atoms with E-state index in [1.54, 1.807) is 0 Å². The van der Waals surface area contributed by atoms with E-state index >= 15 is 0 Å². The number of carbonyl (C=O) groups is 1.